The van der Waals surface area contributed by atoms with E-state index in [0.717, 1.165) is 18.0 Å². The third kappa shape index (κ3) is 3.40. The monoisotopic (exact) mass is 267 g/mol. The molecular formula is C18H21NO. The van der Waals surface area contributed by atoms with Crippen LogP contribution in [-0.4, -0.2) is 18.0 Å². The summed E-state index contributed by atoms with van der Waals surface area (Å²) in [5, 5.41) is 0. The molecule has 1 aliphatic heterocycles. The number of nitrogens with zero attached hydrogens (tertiary/aromatic N) is 1. The number of aryl methyl sites for hydroxylation is 1. The molecule has 0 spiro atoms. The molecule has 0 aromatic heterocycles. The lowest BCUT2D eigenvalue weighted by atomic mass is 10.2. The second-order valence-electron chi connectivity index (χ2n) is 5.55. The lowest BCUT2D eigenvalue weighted by molar-refractivity contribution is 0.331. The summed E-state index contributed by atoms with van der Waals surface area (Å²) in [4.78, 5) is 2.50. The van der Waals surface area contributed by atoms with Gasteiger partial charge < -0.3 is 4.74 Å². The summed E-state index contributed by atoms with van der Waals surface area (Å²) in [6, 6.07) is 16.6. The minimum atomic E-state index is 0.897. The Morgan fingerprint density at radius 1 is 0.950 bits per heavy atom. The van der Waals surface area contributed by atoms with Gasteiger partial charge in [-0.15, -0.1) is 0 Å². The standard InChI is InChI=1S/C18H21NO/c1-15-7-9-17(10-8-15)20-18-6-4-5-16(13-18)14-19-11-2-3-12-19/h4-10,13H,2-3,11-12,14H2,1H3. The summed E-state index contributed by atoms with van der Waals surface area (Å²) in [6.45, 7) is 5.57. The summed E-state index contributed by atoms with van der Waals surface area (Å²) in [5.74, 6) is 1.82. The van der Waals surface area contributed by atoms with E-state index >= 15 is 0 Å². The van der Waals surface area contributed by atoms with Gasteiger partial charge in [0.15, 0.2) is 0 Å². The predicted octanol–water partition coefficient (Wildman–Crippen LogP) is 4.38. The van der Waals surface area contributed by atoms with Crippen LogP contribution in [0.3, 0.4) is 0 Å². The van der Waals surface area contributed by atoms with Gasteiger partial charge >= 0.3 is 0 Å². The summed E-state index contributed by atoms with van der Waals surface area (Å²) in [5.41, 5.74) is 2.58. The SMILES string of the molecule is Cc1ccc(Oc2cccc(CN3CCCC3)c2)cc1. The quantitative estimate of drug-likeness (QED) is 0.815. The molecule has 0 saturated carbocycles. The average Bonchev–Trinajstić information content (AvgIpc) is 2.95. The van der Waals surface area contributed by atoms with Crippen LogP contribution in [0.15, 0.2) is 48.5 Å². The lowest BCUT2D eigenvalue weighted by Crippen LogP contribution is -2.18. The fraction of sp³-hybridized carbons (Fsp3) is 0.333. The number of benzene rings is 2. The minimum absolute atomic E-state index is 0.897. The van der Waals surface area contributed by atoms with Gasteiger partial charge in [0.1, 0.15) is 11.5 Å². The van der Waals surface area contributed by atoms with E-state index in [4.69, 9.17) is 4.74 Å². The molecule has 0 amide bonds. The van der Waals surface area contributed by atoms with E-state index in [1.165, 1.54) is 37.1 Å². The molecule has 2 aromatic rings. The number of hydrogen-bond donors (Lipinski definition) is 0. The molecule has 2 heteroatoms. The molecular weight excluding hydrogens is 246 g/mol. The Morgan fingerprint density at radius 2 is 1.70 bits per heavy atom. The molecule has 1 aliphatic rings. The molecule has 1 saturated heterocycles. The molecule has 2 nitrogen and oxygen atoms in total. The first-order valence-electron chi connectivity index (χ1n) is 7.35. The zero-order valence-corrected chi connectivity index (χ0v) is 12.0. The van der Waals surface area contributed by atoms with Crippen molar-refractivity contribution < 1.29 is 4.74 Å². The van der Waals surface area contributed by atoms with Crippen LogP contribution in [0, 0.1) is 6.92 Å². The topological polar surface area (TPSA) is 12.5 Å². The summed E-state index contributed by atoms with van der Waals surface area (Å²) in [6.07, 6.45) is 2.67. The van der Waals surface area contributed by atoms with E-state index in [-0.39, 0.29) is 0 Å². The molecule has 0 bridgehead atoms. The Bertz CT molecular complexity index is 556. The van der Waals surface area contributed by atoms with Crippen molar-refractivity contribution in [3.05, 3.63) is 59.7 Å². The molecule has 1 fully saturated rings. The van der Waals surface area contributed by atoms with Crippen LogP contribution in [0.2, 0.25) is 0 Å². The van der Waals surface area contributed by atoms with Gasteiger partial charge in [0.05, 0.1) is 0 Å². The van der Waals surface area contributed by atoms with Gasteiger partial charge in [0, 0.05) is 6.54 Å². The third-order valence-corrected chi connectivity index (χ3v) is 3.76. The fourth-order valence-electron chi connectivity index (χ4n) is 2.65. The summed E-state index contributed by atoms with van der Waals surface area (Å²) >= 11 is 0. The van der Waals surface area contributed by atoms with Crippen molar-refractivity contribution in [2.24, 2.45) is 0 Å². The second-order valence-corrected chi connectivity index (χ2v) is 5.55. The minimum Gasteiger partial charge on any atom is -0.457 e. The molecule has 0 N–H and O–H groups in total. The van der Waals surface area contributed by atoms with Gasteiger partial charge in [-0.25, -0.2) is 0 Å². The molecule has 1 heterocycles. The molecule has 0 unspecified atom stereocenters. The molecule has 0 radical (unpaired) electrons. The fourth-order valence-corrected chi connectivity index (χ4v) is 2.65. The first-order chi connectivity index (χ1) is 9.79. The summed E-state index contributed by atoms with van der Waals surface area (Å²) < 4.78 is 5.92. The Kier molecular flexibility index (Phi) is 4.03. The highest BCUT2D eigenvalue weighted by Gasteiger charge is 2.11. The van der Waals surface area contributed by atoms with Crippen molar-refractivity contribution in [3.8, 4) is 11.5 Å². The highest BCUT2D eigenvalue weighted by atomic mass is 16.5. The van der Waals surface area contributed by atoms with Crippen molar-refractivity contribution in [1.29, 1.82) is 0 Å². The van der Waals surface area contributed by atoms with Crippen molar-refractivity contribution in [3.63, 3.8) is 0 Å². The van der Waals surface area contributed by atoms with Crippen molar-refractivity contribution in [1.82, 2.24) is 4.90 Å². The molecule has 0 atom stereocenters. The van der Waals surface area contributed by atoms with Crippen molar-refractivity contribution in [2.45, 2.75) is 26.3 Å². The van der Waals surface area contributed by atoms with Crippen molar-refractivity contribution >= 4 is 0 Å². The number of likely N-dealkylation sites (tertiary alicyclic amines) is 1. The lowest BCUT2D eigenvalue weighted by Gasteiger charge is -2.15. The Morgan fingerprint density at radius 3 is 2.45 bits per heavy atom. The van der Waals surface area contributed by atoms with Crippen LogP contribution < -0.4 is 4.74 Å². The third-order valence-electron chi connectivity index (χ3n) is 3.76. The molecule has 3 rings (SSSR count). The van der Waals surface area contributed by atoms with E-state index < -0.39 is 0 Å². The maximum Gasteiger partial charge on any atom is 0.127 e. The van der Waals surface area contributed by atoms with Gasteiger partial charge in [-0.2, -0.15) is 0 Å². The largest absolute Gasteiger partial charge is 0.457 e. The number of hydrogen-bond acceptors (Lipinski definition) is 2. The highest BCUT2D eigenvalue weighted by molar-refractivity contribution is 5.35. The molecule has 20 heavy (non-hydrogen) atoms. The average molecular weight is 267 g/mol. The Hall–Kier alpha value is -1.80. The second kappa shape index (κ2) is 6.10. The molecule has 104 valence electrons. The smallest absolute Gasteiger partial charge is 0.127 e. The van der Waals surface area contributed by atoms with Gasteiger partial charge in [0.25, 0.3) is 0 Å². The zero-order valence-electron chi connectivity index (χ0n) is 12.0. The van der Waals surface area contributed by atoms with Crippen molar-refractivity contribution in [2.75, 3.05) is 13.1 Å². The van der Waals surface area contributed by atoms with Gasteiger partial charge in [-0.05, 0) is 62.7 Å². The Labute approximate surface area is 121 Å². The van der Waals surface area contributed by atoms with E-state index in [9.17, 15) is 0 Å². The van der Waals surface area contributed by atoms with Gasteiger partial charge in [0.2, 0.25) is 0 Å². The highest BCUT2D eigenvalue weighted by Crippen LogP contribution is 2.23. The molecule has 0 aliphatic carbocycles. The maximum absolute atomic E-state index is 5.92. The van der Waals surface area contributed by atoms with E-state index in [1.54, 1.807) is 0 Å². The van der Waals surface area contributed by atoms with Gasteiger partial charge in [-0.1, -0.05) is 29.8 Å². The predicted molar refractivity (Wildman–Crippen MR) is 82.2 cm³/mol. The van der Waals surface area contributed by atoms with Crippen LogP contribution in [0.25, 0.3) is 0 Å². The molecule has 2 aromatic carbocycles. The van der Waals surface area contributed by atoms with Crippen LogP contribution in [0.4, 0.5) is 0 Å². The first-order valence-corrected chi connectivity index (χ1v) is 7.35. The van der Waals surface area contributed by atoms with E-state index in [1.807, 2.05) is 18.2 Å². The van der Waals surface area contributed by atoms with E-state index in [0.29, 0.717) is 0 Å². The van der Waals surface area contributed by atoms with Gasteiger partial charge in [-0.3, -0.25) is 4.90 Å². The van der Waals surface area contributed by atoms with E-state index in [2.05, 4.69) is 42.2 Å². The van der Waals surface area contributed by atoms with Crippen LogP contribution >= 0.6 is 0 Å². The summed E-state index contributed by atoms with van der Waals surface area (Å²) in [7, 11) is 0. The zero-order chi connectivity index (χ0) is 13.8. The van der Waals surface area contributed by atoms with Crippen LogP contribution in [0.1, 0.15) is 24.0 Å². The van der Waals surface area contributed by atoms with Crippen LogP contribution in [0.5, 0.6) is 11.5 Å². The number of rotatable bonds is 4. The van der Waals surface area contributed by atoms with Crippen LogP contribution in [-0.2, 0) is 6.54 Å². The number of ether oxygens (including phenoxy) is 1. The first kappa shape index (κ1) is 13.2. The maximum atomic E-state index is 5.92. The normalized spacial score (nSPS) is 15.4. The Balaban J connectivity index is 1.68.